The van der Waals surface area contributed by atoms with Crippen molar-refractivity contribution in [3.8, 4) is 11.5 Å². The number of hydrogen-bond acceptors (Lipinski definition) is 7. The molecule has 1 heterocycles. The molecule has 0 aromatic heterocycles. The Morgan fingerprint density at radius 1 is 1.03 bits per heavy atom. The normalized spacial score (nSPS) is 16.3. The number of hydrogen-bond donors (Lipinski definition) is 0. The van der Waals surface area contributed by atoms with E-state index in [1.54, 1.807) is 43.5 Å². The average molecular weight is 445 g/mol. The SMILES string of the molecule is CC(=O)Oc1ccc(/C=C2/SC(=Nc3ccc(Cl)cc3)N(C)C2=O)cc1OC(C)=O. The highest BCUT2D eigenvalue weighted by Crippen LogP contribution is 2.35. The summed E-state index contributed by atoms with van der Waals surface area (Å²) in [7, 11) is 1.64. The van der Waals surface area contributed by atoms with Crippen molar-refractivity contribution in [3.05, 3.63) is 58.0 Å². The van der Waals surface area contributed by atoms with Crippen molar-refractivity contribution in [2.45, 2.75) is 13.8 Å². The van der Waals surface area contributed by atoms with E-state index in [0.29, 0.717) is 26.3 Å². The third-order valence-corrected chi connectivity index (χ3v) is 5.14. The molecule has 154 valence electrons. The fraction of sp³-hybridized carbons (Fsp3) is 0.143. The maximum atomic E-state index is 12.6. The Balaban J connectivity index is 1.90. The van der Waals surface area contributed by atoms with Gasteiger partial charge in [-0.05, 0) is 59.8 Å². The van der Waals surface area contributed by atoms with Crippen LogP contribution in [-0.4, -0.2) is 35.0 Å². The Morgan fingerprint density at radius 2 is 1.67 bits per heavy atom. The molecule has 1 saturated heterocycles. The number of likely N-dealkylation sites (N-methyl/N-ethyl adjacent to an activating group) is 1. The summed E-state index contributed by atoms with van der Waals surface area (Å²) >= 11 is 7.11. The first-order valence-electron chi connectivity index (χ1n) is 8.75. The maximum Gasteiger partial charge on any atom is 0.308 e. The van der Waals surface area contributed by atoms with Crippen LogP contribution in [0.3, 0.4) is 0 Å². The number of carbonyl (C=O) groups is 3. The van der Waals surface area contributed by atoms with Gasteiger partial charge >= 0.3 is 11.9 Å². The molecule has 3 rings (SSSR count). The van der Waals surface area contributed by atoms with Crippen LogP contribution in [0.15, 0.2) is 52.4 Å². The summed E-state index contributed by atoms with van der Waals surface area (Å²) in [6, 6.07) is 11.6. The number of halogens is 1. The van der Waals surface area contributed by atoms with Crippen molar-refractivity contribution in [2.24, 2.45) is 4.99 Å². The molecule has 30 heavy (non-hydrogen) atoms. The lowest BCUT2D eigenvalue weighted by Crippen LogP contribution is -2.23. The summed E-state index contributed by atoms with van der Waals surface area (Å²) < 4.78 is 10.2. The molecule has 0 bridgehead atoms. The number of benzene rings is 2. The third kappa shape index (κ3) is 5.28. The van der Waals surface area contributed by atoms with Gasteiger partial charge in [0, 0.05) is 25.9 Å². The van der Waals surface area contributed by atoms with Crippen LogP contribution in [0.1, 0.15) is 19.4 Å². The van der Waals surface area contributed by atoms with Gasteiger partial charge in [0.1, 0.15) is 0 Å². The maximum absolute atomic E-state index is 12.6. The third-order valence-electron chi connectivity index (χ3n) is 3.83. The zero-order valence-corrected chi connectivity index (χ0v) is 17.9. The van der Waals surface area contributed by atoms with Gasteiger partial charge in [0.05, 0.1) is 10.6 Å². The van der Waals surface area contributed by atoms with Gasteiger partial charge in [-0.3, -0.25) is 19.3 Å². The van der Waals surface area contributed by atoms with Crippen molar-refractivity contribution < 1.29 is 23.9 Å². The second kappa shape index (κ2) is 9.15. The van der Waals surface area contributed by atoms with E-state index < -0.39 is 11.9 Å². The number of amides is 1. The van der Waals surface area contributed by atoms with Crippen LogP contribution < -0.4 is 9.47 Å². The quantitative estimate of drug-likeness (QED) is 0.394. The van der Waals surface area contributed by atoms with Gasteiger partial charge in [-0.25, -0.2) is 4.99 Å². The molecular weight excluding hydrogens is 428 g/mol. The Hall–Kier alpha value is -3.10. The molecule has 2 aromatic carbocycles. The predicted molar refractivity (Wildman–Crippen MR) is 116 cm³/mol. The largest absolute Gasteiger partial charge is 0.423 e. The van der Waals surface area contributed by atoms with Crippen molar-refractivity contribution in [1.82, 2.24) is 4.90 Å². The van der Waals surface area contributed by atoms with Gasteiger partial charge in [0.2, 0.25) is 0 Å². The van der Waals surface area contributed by atoms with Gasteiger partial charge < -0.3 is 9.47 Å². The second-order valence-electron chi connectivity index (χ2n) is 6.24. The average Bonchev–Trinajstić information content (AvgIpc) is 2.93. The van der Waals surface area contributed by atoms with E-state index in [2.05, 4.69) is 4.99 Å². The monoisotopic (exact) mass is 444 g/mol. The fourth-order valence-corrected chi connectivity index (χ4v) is 3.63. The number of thioether (sulfide) groups is 1. The summed E-state index contributed by atoms with van der Waals surface area (Å²) in [5.41, 5.74) is 1.27. The summed E-state index contributed by atoms with van der Waals surface area (Å²) in [5, 5.41) is 1.12. The van der Waals surface area contributed by atoms with E-state index in [-0.39, 0.29) is 17.4 Å². The van der Waals surface area contributed by atoms with Gasteiger partial charge in [0.25, 0.3) is 5.91 Å². The summed E-state index contributed by atoms with van der Waals surface area (Å²) in [6.45, 7) is 2.49. The lowest BCUT2D eigenvalue weighted by atomic mass is 10.2. The second-order valence-corrected chi connectivity index (χ2v) is 7.68. The minimum Gasteiger partial charge on any atom is -0.423 e. The zero-order valence-electron chi connectivity index (χ0n) is 16.3. The molecule has 1 fully saturated rings. The van der Waals surface area contributed by atoms with E-state index >= 15 is 0 Å². The van der Waals surface area contributed by atoms with E-state index in [1.165, 1.54) is 42.6 Å². The number of amidine groups is 1. The number of aliphatic imine (C=N–C) groups is 1. The molecule has 0 atom stereocenters. The zero-order chi connectivity index (χ0) is 21.8. The molecule has 0 saturated carbocycles. The Labute approximate surface area is 182 Å². The molecule has 0 spiro atoms. The molecular formula is C21H17ClN2O5S. The van der Waals surface area contributed by atoms with Crippen LogP contribution in [0.4, 0.5) is 5.69 Å². The molecule has 0 unspecified atom stereocenters. The van der Waals surface area contributed by atoms with Crippen molar-refractivity contribution in [2.75, 3.05) is 7.05 Å². The highest BCUT2D eigenvalue weighted by atomic mass is 35.5. The first kappa shape index (κ1) is 21.6. The summed E-state index contributed by atoms with van der Waals surface area (Å²) in [4.78, 5) is 41.6. The number of ether oxygens (including phenoxy) is 2. The molecule has 7 nitrogen and oxygen atoms in total. The fourth-order valence-electron chi connectivity index (χ4n) is 2.52. The van der Waals surface area contributed by atoms with Crippen LogP contribution in [0, 0.1) is 0 Å². The molecule has 0 aliphatic carbocycles. The number of esters is 2. The summed E-state index contributed by atoms with van der Waals surface area (Å²) in [6.07, 6.45) is 1.65. The first-order valence-corrected chi connectivity index (χ1v) is 9.95. The van der Waals surface area contributed by atoms with Crippen LogP contribution in [0.2, 0.25) is 5.02 Å². The Bertz CT molecular complexity index is 1080. The molecule has 1 aliphatic heterocycles. The highest BCUT2D eigenvalue weighted by molar-refractivity contribution is 8.18. The smallest absolute Gasteiger partial charge is 0.308 e. The number of nitrogens with zero attached hydrogens (tertiary/aromatic N) is 2. The van der Waals surface area contributed by atoms with Crippen molar-refractivity contribution in [3.63, 3.8) is 0 Å². The van der Waals surface area contributed by atoms with E-state index in [1.807, 2.05) is 0 Å². The number of rotatable bonds is 4. The van der Waals surface area contributed by atoms with Crippen LogP contribution in [0.25, 0.3) is 6.08 Å². The van der Waals surface area contributed by atoms with Gasteiger partial charge in [-0.1, -0.05) is 17.7 Å². The standard InChI is InChI=1S/C21H17ClN2O5S/c1-12(25)28-17-9-4-14(10-18(17)29-13(2)26)11-19-20(27)24(3)21(30-19)23-16-7-5-15(22)6-8-16/h4-11H,1-3H3/b19-11+,23-21?. The molecule has 9 heteroatoms. The van der Waals surface area contributed by atoms with Crippen LogP contribution in [-0.2, 0) is 14.4 Å². The topological polar surface area (TPSA) is 85.3 Å². The molecule has 0 radical (unpaired) electrons. The molecule has 1 aliphatic rings. The first-order chi connectivity index (χ1) is 14.2. The lowest BCUT2D eigenvalue weighted by molar-refractivity contribution is -0.134. The van der Waals surface area contributed by atoms with Gasteiger partial charge in [0.15, 0.2) is 16.7 Å². The van der Waals surface area contributed by atoms with E-state index in [0.717, 1.165) is 0 Å². The Kier molecular flexibility index (Phi) is 6.59. The van der Waals surface area contributed by atoms with Crippen LogP contribution in [0.5, 0.6) is 11.5 Å². The van der Waals surface area contributed by atoms with Crippen molar-refractivity contribution >= 4 is 58.1 Å². The molecule has 0 N–H and O–H groups in total. The lowest BCUT2D eigenvalue weighted by Gasteiger charge is -2.09. The number of carbonyl (C=O) groups excluding carboxylic acids is 3. The van der Waals surface area contributed by atoms with Gasteiger partial charge in [-0.15, -0.1) is 0 Å². The highest BCUT2D eigenvalue weighted by Gasteiger charge is 2.30. The minimum atomic E-state index is -0.559. The van der Waals surface area contributed by atoms with Crippen molar-refractivity contribution in [1.29, 1.82) is 0 Å². The molecule has 1 amide bonds. The van der Waals surface area contributed by atoms with Gasteiger partial charge in [-0.2, -0.15) is 0 Å². The van der Waals surface area contributed by atoms with E-state index in [9.17, 15) is 14.4 Å². The minimum absolute atomic E-state index is 0.0888. The molecule has 2 aromatic rings. The summed E-state index contributed by atoms with van der Waals surface area (Å²) in [5.74, 6) is -1.11. The van der Waals surface area contributed by atoms with Crippen LogP contribution >= 0.6 is 23.4 Å². The Morgan fingerprint density at radius 3 is 2.30 bits per heavy atom. The van der Waals surface area contributed by atoms with E-state index in [4.69, 9.17) is 21.1 Å². The predicted octanol–water partition coefficient (Wildman–Crippen LogP) is 4.42.